The van der Waals surface area contributed by atoms with Crippen molar-refractivity contribution in [3.8, 4) is 11.1 Å². The van der Waals surface area contributed by atoms with Crippen molar-refractivity contribution >= 4 is 22.2 Å². The van der Waals surface area contributed by atoms with Crippen LogP contribution in [0.15, 0.2) is 85.6 Å². The average Bonchev–Trinajstić information content (AvgIpc) is 2.92. The number of aromatic nitrogens is 1. The van der Waals surface area contributed by atoms with Gasteiger partial charge in [0, 0.05) is 17.6 Å². The fourth-order valence-corrected chi connectivity index (χ4v) is 3.47. The van der Waals surface area contributed by atoms with E-state index < -0.39 is 0 Å². The second kappa shape index (κ2) is 15.2. The summed E-state index contributed by atoms with van der Waals surface area (Å²) < 4.78 is 32.3. The van der Waals surface area contributed by atoms with Gasteiger partial charge < -0.3 is 11.1 Å². The maximum atomic E-state index is 13.3. The number of hydrogen-bond acceptors (Lipinski definition) is 3. The van der Waals surface area contributed by atoms with E-state index >= 15 is 0 Å². The van der Waals surface area contributed by atoms with Crippen LogP contribution in [-0.2, 0) is 0 Å². The summed E-state index contributed by atoms with van der Waals surface area (Å²) in [6.45, 7) is 10.2. The molecular weight excluding hydrogens is 447 g/mol. The van der Waals surface area contributed by atoms with E-state index in [9.17, 15) is 13.2 Å². The number of hydrogen-bond donors (Lipinski definition) is 2. The third-order valence-corrected chi connectivity index (χ3v) is 5.02. The first-order valence-electron chi connectivity index (χ1n) is 11.2. The molecule has 0 spiro atoms. The van der Waals surface area contributed by atoms with E-state index in [-0.39, 0.29) is 11.9 Å². The Morgan fingerprint density at radius 1 is 0.914 bits per heavy atom. The number of nitrogens with one attached hydrogen (secondary N) is 1. The van der Waals surface area contributed by atoms with Gasteiger partial charge in [0.15, 0.2) is 0 Å². The van der Waals surface area contributed by atoms with Gasteiger partial charge in [-0.1, -0.05) is 62.9 Å². The molecule has 0 saturated heterocycles. The van der Waals surface area contributed by atoms with E-state index in [1.165, 1.54) is 12.1 Å². The van der Waals surface area contributed by atoms with Crippen LogP contribution in [0.1, 0.15) is 38.1 Å². The van der Waals surface area contributed by atoms with E-state index in [4.69, 9.17) is 5.73 Å². The first-order valence-corrected chi connectivity index (χ1v) is 11.2. The van der Waals surface area contributed by atoms with E-state index in [1.807, 2.05) is 39.0 Å². The fourth-order valence-electron chi connectivity index (χ4n) is 3.47. The van der Waals surface area contributed by atoms with Crippen LogP contribution in [0.5, 0.6) is 0 Å². The lowest BCUT2D eigenvalue weighted by molar-refractivity contribution is 0.628. The van der Waals surface area contributed by atoms with E-state index in [0.717, 1.165) is 38.9 Å². The number of rotatable bonds is 5. The number of nitrogen functional groups attached to an aromatic ring is 1. The zero-order chi connectivity index (χ0) is 26.4. The van der Waals surface area contributed by atoms with Gasteiger partial charge in [-0.05, 0) is 64.7 Å². The molecule has 0 bridgehead atoms. The number of pyridine rings is 1. The third kappa shape index (κ3) is 7.88. The molecular formula is C29H34F3N3. The highest BCUT2D eigenvalue weighted by atomic mass is 19.1. The van der Waals surface area contributed by atoms with Crippen LogP contribution in [0.3, 0.4) is 0 Å². The summed E-state index contributed by atoms with van der Waals surface area (Å²) >= 11 is 0. The Bertz CT molecular complexity index is 1190. The van der Waals surface area contributed by atoms with Gasteiger partial charge in [-0.25, -0.2) is 4.39 Å². The van der Waals surface area contributed by atoms with Gasteiger partial charge in [0.1, 0.15) is 5.82 Å². The van der Waals surface area contributed by atoms with Crippen molar-refractivity contribution in [2.24, 2.45) is 0 Å². The third-order valence-electron chi connectivity index (χ3n) is 5.02. The van der Waals surface area contributed by atoms with Gasteiger partial charge in [0.2, 0.25) is 0 Å². The number of benzene rings is 3. The smallest absolute Gasteiger partial charge is 0.123 e. The van der Waals surface area contributed by atoms with E-state index in [2.05, 4.69) is 41.1 Å². The van der Waals surface area contributed by atoms with E-state index in [1.54, 1.807) is 24.4 Å². The molecule has 0 aliphatic rings. The molecule has 186 valence electrons. The molecule has 6 heteroatoms. The number of nitrogens with zero attached hydrogens (tertiary/aromatic N) is 1. The van der Waals surface area contributed by atoms with Crippen molar-refractivity contribution in [2.45, 2.75) is 26.8 Å². The van der Waals surface area contributed by atoms with Crippen LogP contribution in [0.25, 0.3) is 27.6 Å². The second-order valence-electron chi connectivity index (χ2n) is 7.11. The Hall–Kier alpha value is -3.80. The highest BCUT2D eigenvalue weighted by molar-refractivity contribution is 5.98. The number of alkyl halides is 2. The molecule has 0 amide bonds. The van der Waals surface area contributed by atoms with Gasteiger partial charge in [-0.3, -0.25) is 13.8 Å². The first kappa shape index (κ1) is 29.2. The molecule has 0 fully saturated rings. The largest absolute Gasteiger partial charge is 0.399 e. The number of nitrogens with two attached hydrogens (primary N) is 1. The van der Waals surface area contributed by atoms with Gasteiger partial charge in [-0.15, -0.1) is 0 Å². The lowest BCUT2D eigenvalue weighted by Gasteiger charge is -2.18. The van der Waals surface area contributed by atoms with Crippen molar-refractivity contribution in [1.29, 1.82) is 0 Å². The average molecular weight is 482 g/mol. The lowest BCUT2D eigenvalue weighted by atomic mass is 9.96. The van der Waals surface area contributed by atoms with Crippen LogP contribution in [0.2, 0.25) is 0 Å². The zero-order valence-corrected chi connectivity index (χ0v) is 20.9. The Morgan fingerprint density at radius 3 is 2.20 bits per heavy atom. The molecule has 4 rings (SSSR count). The molecule has 1 heterocycles. The molecule has 1 aromatic heterocycles. The molecule has 1 unspecified atom stereocenters. The van der Waals surface area contributed by atoms with Gasteiger partial charge in [-0.2, -0.15) is 0 Å². The Labute approximate surface area is 206 Å². The minimum Gasteiger partial charge on any atom is -0.399 e. The molecule has 3 N–H and O–H groups in total. The minimum atomic E-state index is -0.234. The highest BCUT2D eigenvalue weighted by Crippen LogP contribution is 2.30. The standard InChI is InChI=1S/C25H22FN3.C2H6.2CH3F/c1-16(29-17(2)25-15-22(27)12-13-28-25)19-8-11-24-20(14-19)4-3-5-23(24)18-6-9-21(26)10-7-18;3*1-2/h3-15,17,29H,1H2,2H3,(H2,27,28);1-2H3;2*1H3. The molecule has 35 heavy (non-hydrogen) atoms. The number of halogens is 3. The molecule has 4 aromatic rings. The van der Waals surface area contributed by atoms with E-state index in [0.29, 0.717) is 20.0 Å². The Balaban J connectivity index is 0.000000949. The fraction of sp³-hybridized carbons (Fsp3) is 0.207. The summed E-state index contributed by atoms with van der Waals surface area (Å²) in [6.07, 6.45) is 1.71. The normalized spacial score (nSPS) is 10.4. The summed E-state index contributed by atoms with van der Waals surface area (Å²) in [7, 11) is 1.00. The predicted octanol–water partition coefficient (Wildman–Crippen LogP) is 8.14. The molecule has 3 nitrogen and oxygen atoms in total. The first-order chi connectivity index (χ1) is 17.0. The molecule has 3 aromatic carbocycles. The molecule has 0 radical (unpaired) electrons. The molecule has 0 aliphatic heterocycles. The Morgan fingerprint density at radius 2 is 1.57 bits per heavy atom. The maximum Gasteiger partial charge on any atom is 0.123 e. The van der Waals surface area contributed by atoms with Gasteiger partial charge >= 0.3 is 0 Å². The van der Waals surface area contributed by atoms with Crippen LogP contribution >= 0.6 is 0 Å². The quantitative estimate of drug-likeness (QED) is 0.302. The number of anilines is 1. The van der Waals surface area contributed by atoms with Crippen molar-refractivity contribution in [3.63, 3.8) is 0 Å². The summed E-state index contributed by atoms with van der Waals surface area (Å²) in [5, 5.41) is 5.61. The Kier molecular flexibility index (Phi) is 12.7. The molecule has 0 aliphatic carbocycles. The van der Waals surface area contributed by atoms with Gasteiger partial charge in [0.05, 0.1) is 26.1 Å². The lowest BCUT2D eigenvalue weighted by Crippen LogP contribution is -2.17. The summed E-state index contributed by atoms with van der Waals surface area (Å²) in [6, 6.07) is 22.6. The van der Waals surface area contributed by atoms with Crippen LogP contribution < -0.4 is 11.1 Å². The van der Waals surface area contributed by atoms with Crippen molar-refractivity contribution in [3.05, 3.63) is 103 Å². The summed E-state index contributed by atoms with van der Waals surface area (Å²) in [5.41, 5.74) is 11.3. The zero-order valence-electron chi connectivity index (χ0n) is 20.9. The topological polar surface area (TPSA) is 50.9 Å². The monoisotopic (exact) mass is 481 g/mol. The molecule has 1 atom stereocenters. The van der Waals surface area contributed by atoms with Crippen LogP contribution in [0, 0.1) is 5.82 Å². The van der Waals surface area contributed by atoms with Crippen molar-refractivity contribution in [1.82, 2.24) is 10.3 Å². The highest BCUT2D eigenvalue weighted by Gasteiger charge is 2.10. The van der Waals surface area contributed by atoms with Crippen LogP contribution in [0.4, 0.5) is 18.9 Å². The van der Waals surface area contributed by atoms with Gasteiger partial charge in [0.25, 0.3) is 0 Å². The minimum absolute atomic E-state index is 0.0211. The SMILES string of the molecule is C=C(NC(C)c1cc(N)ccn1)c1ccc2c(-c3ccc(F)cc3)cccc2c1.CC.CF.CF. The second-order valence-corrected chi connectivity index (χ2v) is 7.11. The van der Waals surface area contributed by atoms with Crippen molar-refractivity contribution in [2.75, 3.05) is 20.1 Å². The summed E-state index contributed by atoms with van der Waals surface area (Å²) in [5.74, 6) is -0.234. The maximum absolute atomic E-state index is 13.3. The van der Waals surface area contributed by atoms with Crippen LogP contribution in [-0.4, -0.2) is 19.3 Å². The van der Waals surface area contributed by atoms with Crippen molar-refractivity contribution < 1.29 is 13.2 Å². The predicted molar refractivity (Wildman–Crippen MR) is 144 cm³/mol. The number of fused-ring (bicyclic) bond motifs is 1. The molecule has 0 saturated carbocycles. The summed E-state index contributed by atoms with van der Waals surface area (Å²) in [4.78, 5) is 4.38.